The van der Waals surface area contributed by atoms with Gasteiger partial charge in [-0.2, -0.15) is 0 Å². The molecule has 6 heteroatoms. The van der Waals surface area contributed by atoms with Gasteiger partial charge >= 0.3 is 0 Å². The van der Waals surface area contributed by atoms with Gasteiger partial charge < -0.3 is 5.32 Å². The largest absolute Gasteiger partial charge is 0.325 e. The van der Waals surface area contributed by atoms with E-state index < -0.39 is 0 Å². The van der Waals surface area contributed by atoms with E-state index in [1.165, 1.54) is 11.3 Å². The van der Waals surface area contributed by atoms with E-state index in [4.69, 9.17) is 0 Å². The van der Waals surface area contributed by atoms with Gasteiger partial charge in [-0.05, 0) is 29.6 Å². The lowest BCUT2D eigenvalue weighted by Gasteiger charge is -2.09. The molecule has 1 N–H and O–H groups in total. The quantitative estimate of drug-likeness (QED) is 0.618. The van der Waals surface area contributed by atoms with Gasteiger partial charge in [0.1, 0.15) is 0 Å². The van der Waals surface area contributed by atoms with E-state index in [2.05, 4.69) is 37.2 Å². The van der Waals surface area contributed by atoms with Crippen LogP contribution in [-0.2, 0) is 4.79 Å². The van der Waals surface area contributed by atoms with Crippen LogP contribution in [0, 0.1) is 0 Å². The van der Waals surface area contributed by atoms with Gasteiger partial charge in [0.05, 0.1) is 15.9 Å². The van der Waals surface area contributed by atoms with Gasteiger partial charge in [-0.25, -0.2) is 0 Å². The number of alkyl halides is 1. The van der Waals surface area contributed by atoms with Crippen LogP contribution in [0.15, 0.2) is 40.2 Å². The van der Waals surface area contributed by atoms with Crippen molar-refractivity contribution in [3.05, 3.63) is 50.6 Å². The highest BCUT2D eigenvalue weighted by molar-refractivity contribution is 9.10. The fourth-order valence-electron chi connectivity index (χ4n) is 1.54. The second-order valence-corrected chi connectivity index (χ2v) is 6.10. The minimum atomic E-state index is -0.192. The fourth-order valence-corrected chi connectivity index (χ4v) is 2.72. The van der Waals surface area contributed by atoms with Crippen molar-refractivity contribution < 1.29 is 9.59 Å². The van der Waals surface area contributed by atoms with Crippen LogP contribution >= 0.6 is 43.2 Å². The van der Waals surface area contributed by atoms with Gasteiger partial charge in [0.25, 0.3) is 0 Å². The lowest BCUT2D eigenvalue weighted by molar-refractivity contribution is -0.113. The molecule has 2 aromatic rings. The molecule has 0 unspecified atom stereocenters. The number of hydrogen-bond donors (Lipinski definition) is 1. The smallest absolute Gasteiger partial charge is 0.235 e. The molecule has 0 atom stereocenters. The summed E-state index contributed by atoms with van der Waals surface area (Å²) in [6, 6.07) is 8.81. The monoisotopic (exact) mass is 401 g/mol. The van der Waals surface area contributed by atoms with Crippen LogP contribution in [0.4, 0.5) is 5.69 Å². The number of nitrogens with one attached hydrogen (secondary N) is 1. The molecule has 98 valence electrons. The van der Waals surface area contributed by atoms with Crippen molar-refractivity contribution in [2.24, 2.45) is 0 Å². The highest BCUT2D eigenvalue weighted by Gasteiger charge is 2.16. The van der Waals surface area contributed by atoms with Crippen LogP contribution in [0.25, 0.3) is 0 Å². The van der Waals surface area contributed by atoms with Gasteiger partial charge in [0.15, 0.2) is 0 Å². The molecular formula is C13H9Br2NO2S. The zero-order chi connectivity index (χ0) is 13.8. The Morgan fingerprint density at radius 2 is 2.05 bits per heavy atom. The number of halogens is 2. The molecule has 0 aliphatic carbocycles. The lowest BCUT2D eigenvalue weighted by atomic mass is 10.1. The average molecular weight is 403 g/mol. The van der Waals surface area contributed by atoms with Crippen molar-refractivity contribution >= 4 is 60.6 Å². The summed E-state index contributed by atoms with van der Waals surface area (Å²) in [5, 5.41) is 4.75. The molecule has 1 aromatic heterocycles. The van der Waals surface area contributed by atoms with Crippen LogP contribution < -0.4 is 5.32 Å². The molecule has 0 spiro atoms. The molecular weight excluding hydrogens is 394 g/mol. The Bertz CT molecular complexity index is 611. The number of carbonyl (C=O) groups excluding carboxylic acids is 2. The van der Waals surface area contributed by atoms with Crippen molar-refractivity contribution in [3.63, 3.8) is 0 Å². The number of thiophene rings is 1. The molecule has 1 amide bonds. The highest BCUT2D eigenvalue weighted by Crippen LogP contribution is 2.25. The molecule has 0 fully saturated rings. The summed E-state index contributed by atoms with van der Waals surface area (Å²) in [6.45, 7) is 0. The zero-order valence-electron chi connectivity index (χ0n) is 9.65. The Balaban J connectivity index is 2.40. The number of benzene rings is 1. The number of ketones is 1. The number of anilines is 1. The highest BCUT2D eigenvalue weighted by atomic mass is 79.9. The van der Waals surface area contributed by atoms with Gasteiger partial charge in [-0.3, -0.25) is 9.59 Å². The summed E-state index contributed by atoms with van der Waals surface area (Å²) in [6.07, 6.45) is 0. The molecule has 3 nitrogen and oxygen atoms in total. The van der Waals surface area contributed by atoms with Gasteiger partial charge in [-0.1, -0.05) is 37.9 Å². The zero-order valence-corrected chi connectivity index (χ0v) is 13.6. The van der Waals surface area contributed by atoms with Crippen LogP contribution in [0.5, 0.6) is 0 Å². The van der Waals surface area contributed by atoms with E-state index in [0.29, 0.717) is 16.1 Å². The first kappa shape index (κ1) is 14.4. The first-order valence-corrected chi connectivity index (χ1v) is 8.15. The SMILES string of the molecule is O=C(CBr)Nc1ccc(Br)cc1C(=O)c1cccs1. The van der Waals surface area contributed by atoms with Crippen molar-refractivity contribution in [1.29, 1.82) is 0 Å². The normalized spacial score (nSPS) is 10.2. The van der Waals surface area contributed by atoms with Gasteiger partial charge in [0, 0.05) is 10.0 Å². The summed E-state index contributed by atoms with van der Waals surface area (Å²) in [7, 11) is 0. The molecule has 1 aromatic carbocycles. The van der Waals surface area contributed by atoms with Gasteiger partial charge in [-0.15, -0.1) is 11.3 Å². The molecule has 0 saturated heterocycles. The molecule has 2 rings (SSSR count). The third-order valence-electron chi connectivity index (χ3n) is 2.37. The summed E-state index contributed by atoms with van der Waals surface area (Å²) in [4.78, 5) is 24.5. The summed E-state index contributed by atoms with van der Waals surface area (Å²) >= 11 is 7.80. The molecule has 0 aliphatic heterocycles. The third-order valence-corrected chi connectivity index (χ3v) is 4.24. The summed E-state index contributed by atoms with van der Waals surface area (Å²) in [5.41, 5.74) is 0.997. The predicted molar refractivity (Wildman–Crippen MR) is 84.3 cm³/mol. The second kappa shape index (κ2) is 6.45. The lowest BCUT2D eigenvalue weighted by Crippen LogP contribution is -2.15. The van der Waals surface area contributed by atoms with E-state index in [0.717, 1.165) is 4.47 Å². The molecule has 0 radical (unpaired) electrons. The maximum atomic E-state index is 12.4. The maximum Gasteiger partial charge on any atom is 0.235 e. The molecule has 1 heterocycles. The summed E-state index contributed by atoms with van der Waals surface area (Å²) < 4.78 is 0.796. The standard InChI is InChI=1S/C13H9Br2NO2S/c14-7-12(17)16-10-4-3-8(15)6-9(10)13(18)11-2-1-5-19-11/h1-6H,7H2,(H,16,17). The van der Waals surface area contributed by atoms with E-state index in [9.17, 15) is 9.59 Å². The average Bonchev–Trinajstić information content (AvgIpc) is 2.93. The topological polar surface area (TPSA) is 46.2 Å². The number of rotatable bonds is 4. The fraction of sp³-hybridized carbons (Fsp3) is 0.0769. The molecule has 19 heavy (non-hydrogen) atoms. The van der Waals surface area contributed by atoms with E-state index in [-0.39, 0.29) is 17.0 Å². The number of amides is 1. The Hall–Kier alpha value is -0.980. The van der Waals surface area contributed by atoms with E-state index >= 15 is 0 Å². The first-order valence-electron chi connectivity index (χ1n) is 5.35. The Kier molecular flexibility index (Phi) is 4.90. The molecule has 0 saturated carbocycles. The minimum Gasteiger partial charge on any atom is -0.325 e. The van der Waals surface area contributed by atoms with Crippen molar-refractivity contribution in [2.45, 2.75) is 0 Å². The Morgan fingerprint density at radius 1 is 1.26 bits per heavy atom. The van der Waals surface area contributed by atoms with Crippen LogP contribution in [-0.4, -0.2) is 17.0 Å². The van der Waals surface area contributed by atoms with Gasteiger partial charge in [0.2, 0.25) is 11.7 Å². The van der Waals surface area contributed by atoms with Crippen LogP contribution in [0.2, 0.25) is 0 Å². The van der Waals surface area contributed by atoms with Crippen LogP contribution in [0.3, 0.4) is 0 Å². The molecule has 0 bridgehead atoms. The van der Waals surface area contributed by atoms with Crippen molar-refractivity contribution in [2.75, 3.05) is 10.6 Å². The Labute approximate surface area is 131 Å². The summed E-state index contributed by atoms with van der Waals surface area (Å²) in [5.74, 6) is -0.288. The number of carbonyl (C=O) groups is 2. The van der Waals surface area contributed by atoms with Crippen LogP contribution in [0.1, 0.15) is 15.2 Å². The molecule has 0 aliphatic rings. The predicted octanol–water partition coefficient (Wildman–Crippen LogP) is 4.08. The maximum absolute atomic E-state index is 12.4. The minimum absolute atomic E-state index is 0.0961. The third kappa shape index (κ3) is 3.52. The van der Waals surface area contributed by atoms with Crippen molar-refractivity contribution in [1.82, 2.24) is 0 Å². The van der Waals surface area contributed by atoms with E-state index in [1.807, 2.05) is 11.4 Å². The van der Waals surface area contributed by atoms with Crippen molar-refractivity contribution in [3.8, 4) is 0 Å². The second-order valence-electron chi connectivity index (χ2n) is 3.68. The van der Waals surface area contributed by atoms with E-state index in [1.54, 1.807) is 24.3 Å². The Morgan fingerprint density at radius 3 is 2.68 bits per heavy atom. The number of hydrogen-bond acceptors (Lipinski definition) is 3. The first-order chi connectivity index (χ1) is 9.11.